The summed E-state index contributed by atoms with van der Waals surface area (Å²) < 4.78 is 20.5. The summed E-state index contributed by atoms with van der Waals surface area (Å²) in [4.78, 5) is 32.9. The van der Waals surface area contributed by atoms with Gasteiger partial charge in [-0.05, 0) is 79.4 Å². The molecule has 8 heteroatoms. The largest absolute Gasteiger partial charge is 0.507 e. The molecule has 4 aromatic rings. The topological polar surface area (TPSA) is 79.7 Å². The number of Topliss-reactive ketones (excluding diaryl/α,β-unsaturated/α-hetero) is 1. The number of thiazole rings is 1. The molecule has 3 heterocycles. The van der Waals surface area contributed by atoms with Gasteiger partial charge in [-0.15, -0.1) is 0 Å². The number of aliphatic hydroxyl groups excluding tert-OH is 1. The number of aromatic nitrogens is 1. The highest BCUT2D eigenvalue weighted by molar-refractivity contribution is 7.22. The number of hydrogen-bond acceptors (Lipinski definition) is 6. The van der Waals surface area contributed by atoms with Crippen LogP contribution in [0.4, 0.5) is 9.52 Å². The minimum Gasteiger partial charge on any atom is -0.507 e. The van der Waals surface area contributed by atoms with E-state index in [4.69, 9.17) is 9.72 Å². The number of anilines is 1. The molecular weight excluding hydrogens is 491 g/mol. The maximum absolute atomic E-state index is 13.8. The van der Waals surface area contributed by atoms with Crippen LogP contribution in [0, 0.1) is 19.7 Å². The van der Waals surface area contributed by atoms with Crippen molar-refractivity contribution in [1.29, 1.82) is 0 Å². The van der Waals surface area contributed by atoms with Crippen LogP contribution in [0.25, 0.3) is 16.0 Å². The molecule has 1 fully saturated rings. The molecule has 186 valence electrons. The molecule has 2 aliphatic rings. The summed E-state index contributed by atoms with van der Waals surface area (Å²) in [7, 11) is 0. The molecule has 2 aliphatic heterocycles. The van der Waals surface area contributed by atoms with E-state index < -0.39 is 23.5 Å². The summed E-state index contributed by atoms with van der Waals surface area (Å²) >= 11 is 1.30. The fourth-order valence-corrected chi connectivity index (χ4v) is 6.35. The lowest BCUT2D eigenvalue weighted by molar-refractivity contribution is -0.132. The molecule has 0 saturated carbocycles. The normalized spacial score (nSPS) is 20.5. The molecule has 0 spiro atoms. The monoisotopic (exact) mass is 514 g/mol. The molecule has 3 aromatic carbocycles. The number of carbonyl (C=O) groups excluding carboxylic acids is 2. The number of rotatable bonds is 3. The standard InChI is InChI=1S/C29H23FN2O4S/c1-14-10-15(2)24-22(11-14)37-29(31-24)32-25(17-4-7-20(30)8-5-17)23(27(34)28(32)35)26(33)18-6-9-21-19(13-18)12-16(3)36-21/h4-11,13,16,25,33H,12H2,1-3H3/b26-23+/t16-,25-/m1/s1. The number of ether oxygens (including phenoxy) is 1. The van der Waals surface area contributed by atoms with Crippen molar-refractivity contribution in [1.82, 2.24) is 4.98 Å². The number of aliphatic hydroxyl groups is 1. The van der Waals surface area contributed by atoms with Crippen LogP contribution in [0.1, 0.15) is 40.8 Å². The molecule has 6 nitrogen and oxygen atoms in total. The molecule has 2 atom stereocenters. The molecule has 0 unspecified atom stereocenters. The predicted molar refractivity (Wildman–Crippen MR) is 141 cm³/mol. The Bertz CT molecular complexity index is 1640. The third kappa shape index (κ3) is 3.79. The number of ketones is 1. The van der Waals surface area contributed by atoms with Crippen molar-refractivity contribution in [3.05, 3.63) is 93.8 Å². The second-order valence-electron chi connectivity index (χ2n) is 9.60. The molecule has 0 aliphatic carbocycles. The van der Waals surface area contributed by atoms with Crippen LogP contribution in [-0.4, -0.2) is 27.9 Å². The molecule has 1 saturated heterocycles. The van der Waals surface area contributed by atoms with Crippen molar-refractivity contribution >= 4 is 44.1 Å². The van der Waals surface area contributed by atoms with Crippen LogP contribution in [0.5, 0.6) is 5.75 Å². The van der Waals surface area contributed by atoms with Gasteiger partial charge >= 0.3 is 5.91 Å². The van der Waals surface area contributed by atoms with E-state index in [0.717, 1.165) is 32.7 Å². The van der Waals surface area contributed by atoms with E-state index in [0.29, 0.717) is 22.7 Å². The van der Waals surface area contributed by atoms with Crippen molar-refractivity contribution in [3.63, 3.8) is 0 Å². The second-order valence-corrected chi connectivity index (χ2v) is 10.6. The number of halogens is 1. The third-order valence-corrected chi connectivity index (χ3v) is 7.83. The van der Waals surface area contributed by atoms with E-state index in [1.165, 1.54) is 40.5 Å². The zero-order valence-corrected chi connectivity index (χ0v) is 21.2. The highest BCUT2D eigenvalue weighted by atomic mass is 32.1. The Hall–Kier alpha value is -4.04. The smallest absolute Gasteiger partial charge is 0.301 e. The first-order valence-corrected chi connectivity index (χ1v) is 12.8. The minimum atomic E-state index is -0.967. The van der Waals surface area contributed by atoms with E-state index >= 15 is 0 Å². The number of hydrogen-bond donors (Lipinski definition) is 1. The van der Waals surface area contributed by atoms with Gasteiger partial charge in [0.25, 0.3) is 5.78 Å². The first kappa shape index (κ1) is 23.4. The molecule has 1 amide bonds. The van der Waals surface area contributed by atoms with Crippen LogP contribution in [-0.2, 0) is 16.0 Å². The van der Waals surface area contributed by atoms with Gasteiger partial charge in [-0.25, -0.2) is 9.37 Å². The van der Waals surface area contributed by atoms with E-state index in [2.05, 4.69) is 0 Å². The number of benzene rings is 3. The number of aryl methyl sites for hydroxylation is 2. The Morgan fingerprint density at radius 3 is 2.62 bits per heavy atom. The number of amides is 1. The molecule has 1 aromatic heterocycles. The van der Waals surface area contributed by atoms with E-state index in [-0.39, 0.29) is 17.4 Å². The lowest BCUT2D eigenvalue weighted by atomic mass is 9.94. The number of fused-ring (bicyclic) bond motifs is 2. The Morgan fingerprint density at radius 1 is 1.11 bits per heavy atom. The Labute approximate surface area is 216 Å². The van der Waals surface area contributed by atoms with Gasteiger partial charge in [-0.1, -0.05) is 29.5 Å². The molecule has 37 heavy (non-hydrogen) atoms. The van der Waals surface area contributed by atoms with Gasteiger partial charge in [0.2, 0.25) is 0 Å². The second kappa shape index (κ2) is 8.52. The summed E-state index contributed by atoms with van der Waals surface area (Å²) in [5.74, 6) is -1.60. The van der Waals surface area contributed by atoms with Crippen molar-refractivity contribution in [2.45, 2.75) is 39.3 Å². The van der Waals surface area contributed by atoms with Gasteiger partial charge in [0.05, 0.1) is 21.8 Å². The average molecular weight is 515 g/mol. The predicted octanol–water partition coefficient (Wildman–Crippen LogP) is 6.00. The van der Waals surface area contributed by atoms with Crippen molar-refractivity contribution in [3.8, 4) is 5.75 Å². The van der Waals surface area contributed by atoms with Crippen molar-refractivity contribution < 1.29 is 23.8 Å². The van der Waals surface area contributed by atoms with Crippen LogP contribution >= 0.6 is 11.3 Å². The molecule has 0 bridgehead atoms. The Kier molecular flexibility index (Phi) is 5.38. The SMILES string of the molecule is Cc1cc(C)c2nc(N3C(=O)C(=O)/C(=C(/O)c4ccc5c(c4)C[C@@H](C)O5)[C@H]3c3ccc(F)cc3)sc2c1. The van der Waals surface area contributed by atoms with Crippen molar-refractivity contribution in [2.24, 2.45) is 0 Å². The van der Waals surface area contributed by atoms with E-state index in [1.54, 1.807) is 18.2 Å². The van der Waals surface area contributed by atoms with Gasteiger partial charge in [0.1, 0.15) is 23.4 Å². The summed E-state index contributed by atoms with van der Waals surface area (Å²) in [5.41, 5.74) is 4.54. The molecular formula is C29H23FN2O4S. The third-order valence-electron chi connectivity index (χ3n) is 6.82. The van der Waals surface area contributed by atoms with Gasteiger partial charge in [0.15, 0.2) is 5.13 Å². The highest BCUT2D eigenvalue weighted by Gasteiger charge is 2.48. The summed E-state index contributed by atoms with van der Waals surface area (Å²) in [6.07, 6.45) is 0.694. The number of nitrogens with zero attached hydrogens (tertiary/aromatic N) is 2. The quantitative estimate of drug-likeness (QED) is 0.206. The summed E-state index contributed by atoms with van der Waals surface area (Å²) in [6, 6.07) is 13.8. The van der Waals surface area contributed by atoms with Gasteiger partial charge in [0, 0.05) is 12.0 Å². The van der Waals surface area contributed by atoms with Crippen molar-refractivity contribution in [2.75, 3.05) is 4.90 Å². The number of carbonyl (C=O) groups is 2. The van der Waals surface area contributed by atoms with E-state index in [9.17, 15) is 19.1 Å². The zero-order valence-electron chi connectivity index (χ0n) is 20.4. The lowest BCUT2D eigenvalue weighted by Gasteiger charge is -2.23. The Morgan fingerprint density at radius 2 is 1.86 bits per heavy atom. The first-order chi connectivity index (χ1) is 17.7. The average Bonchev–Trinajstić information content (AvgIpc) is 3.52. The zero-order chi connectivity index (χ0) is 26.0. The van der Waals surface area contributed by atoms with Crippen LogP contribution in [0.3, 0.4) is 0 Å². The fraction of sp³-hybridized carbons (Fsp3) is 0.207. The lowest BCUT2D eigenvalue weighted by Crippen LogP contribution is -2.29. The van der Waals surface area contributed by atoms with Gasteiger partial charge < -0.3 is 9.84 Å². The Balaban J connectivity index is 1.54. The maximum Gasteiger partial charge on any atom is 0.301 e. The molecule has 1 N–H and O–H groups in total. The first-order valence-electron chi connectivity index (χ1n) is 12.0. The van der Waals surface area contributed by atoms with Gasteiger partial charge in [-0.3, -0.25) is 14.5 Å². The summed E-state index contributed by atoms with van der Waals surface area (Å²) in [6.45, 7) is 5.89. The van der Waals surface area contributed by atoms with Crippen LogP contribution in [0.2, 0.25) is 0 Å². The van der Waals surface area contributed by atoms with Gasteiger partial charge in [-0.2, -0.15) is 0 Å². The van der Waals surface area contributed by atoms with Crippen LogP contribution in [0.15, 0.2) is 60.2 Å². The highest BCUT2D eigenvalue weighted by Crippen LogP contribution is 2.45. The minimum absolute atomic E-state index is 0.0170. The summed E-state index contributed by atoms with van der Waals surface area (Å²) in [5, 5.41) is 11.8. The van der Waals surface area contributed by atoms with E-state index in [1.807, 2.05) is 32.9 Å². The maximum atomic E-state index is 13.8. The molecule has 0 radical (unpaired) electrons. The fourth-order valence-electron chi connectivity index (χ4n) is 5.18. The van der Waals surface area contributed by atoms with Crippen LogP contribution < -0.4 is 9.64 Å². The molecule has 6 rings (SSSR count).